The maximum atomic E-state index is 13.2. The largest absolute Gasteiger partial charge is 0.452 e. The highest BCUT2D eigenvalue weighted by atomic mass is 19.1. The van der Waals surface area contributed by atoms with Crippen LogP contribution in [0.4, 0.5) is 20.2 Å². The highest BCUT2D eigenvalue weighted by molar-refractivity contribution is 6.10. The molecule has 30 heavy (non-hydrogen) atoms. The summed E-state index contributed by atoms with van der Waals surface area (Å²) in [7, 11) is 0. The fraction of sp³-hybridized carbons (Fsp3) is 0.0455. The summed E-state index contributed by atoms with van der Waals surface area (Å²) >= 11 is 0. The minimum Gasteiger partial charge on any atom is -0.452 e. The van der Waals surface area contributed by atoms with Crippen molar-refractivity contribution in [3.05, 3.63) is 95.6 Å². The quantitative estimate of drug-likeness (QED) is 0.602. The summed E-state index contributed by atoms with van der Waals surface area (Å²) < 4.78 is 31.0. The molecule has 3 aromatic carbocycles. The molecule has 0 spiro atoms. The first-order chi connectivity index (χ1) is 14.4. The van der Waals surface area contributed by atoms with Crippen LogP contribution in [0.2, 0.25) is 0 Å². The molecule has 3 aromatic rings. The van der Waals surface area contributed by atoms with Crippen molar-refractivity contribution >= 4 is 29.2 Å². The SMILES string of the molecule is O=C(COC(=O)c1cccc(F)c1)Nc1ccccc1C(=O)Nc1ccc(F)cc1. The summed E-state index contributed by atoms with van der Waals surface area (Å²) in [5, 5.41) is 5.09. The number of halogens is 2. The molecule has 0 unspecified atom stereocenters. The van der Waals surface area contributed by atoms with Crippen molar-refractivity contribution < 1.29 is 27.9 Å². The first kappa shape index (κ1) is 20.7. The molecule has 0 heterocycles. The van der Waals surface area contributed by atoms with Crippen LogP contribution >= 0.6 is 0 Å². The molecule has 2 N–H and O–H groups in total. The molecule has 0 atom stereocenters. The fourth-order valence-corrected chi connectivity index (χ4v) is 2.54. The van der Waals surface area contributed by atoms with Crippen LogP contribution in [-0.4, -0.2) is 24.4 Å². The Bertz CT molecular complexity index is 1080. The second kappa shape index (κ2) is 9.42. The van der Waals surface area contributed by atoms with Gasteiger partial charge in [-0.05, 0) is 54.6 Å². The molecule has 0 aromatic heterocycles. The van der Waals surface area contributed by atoms with E-state index in [1.54, 1.807) is 12.1 Å². The van der Waals surface area contributed by atoms with E-state index in [-0.39, 0.29) is 16.8 Å². The number of anilines is 2. The number of nitrogens with one attached hydrogen (secondary N) is 2. The number of esters is 1. The van der Waals surface area contributed by atoms with Gasteiger partial charge in [0.25, 0.3) is 11.8 Å². The van der Waals surface area contributed by atoms with Crippen LogP contribution in [0.3, 0.4) is 0 Å². The molecule has 8 heteroatoms. The highest BCUT2D eigenvalue weighted by Crippen LogP contribution is 2.18. The van der Waals surface area contributed by atoms with Crippen molar-refractivity contribution in [2.24, 2.45) is 0 Å². The molecular weight excluding hydrogens is 394 g/mol. The first-order valence-electron chi connectivity index (χ1n) is 8.81. The molecular formula is C22H16F2N2O4. The number of hydrogen-bond donors (Lipinski definition) is 2. The van der Waals surface area contributed by atoms with E-state index in [1.165, 1.54) is 54.6 Å². The van der Waals surface area contributed by atoms with Crippen molar-refractivity contribution in [2.45, 2.75) is 0 Å². The second-order valence-electron chi connectivity index (χ2n) is 6.14. The van der Waals surface area contributed by atoms with Gasteiger partial charge in [-0.25, -0.2) is 13.6 Å². The van der Waals surface area contributed by atoms with Gasteiger partial charge in [-0.3, -0.25) is 9.59 Å². The van der Waals surface area contributed by atoms with Crippen molar-refractivity contribution in [1.29, 1.82) is 0 Å². The van der Waals surface area contributed by atoms with Gasteiger partial charge in [-0.1, -0.05) is 18.2 Å². The van der Waals surface area contributed by atoms with Crippen LogP contribution in [0.25, 0.3) is 0 Å². The Kier molecular flexibility index (Phi) is 6.49. The minimum atomic E-state index is -0.855. The van der Waals surface area contributed by atoms with E-state index in [4.69, 9.17) is 4.74 Å². The van der Waals surface area contributed by atoms with E-state index in [0.29, 0.717) is 5.69 Å². The Labute approximate surface area is 170 Å². The Balaban J connectivity index is 1.62. The maximum absolute atomic E-state index is 13.2. The lowest BCUT2D eigenvalue weighted by Gasteiger charge is -2.12. The number of benzene rings is 3. The Morgan fingerprint density at radius 3 is 2.27 bits per heavy atom. The smallest absolute Gasteiger partial charge is 0.338 e. The van der Waals surface area contributed by atoms with E-state index >= 15 is 0 Å². The summed E-state index contributed by atoms with van der Waals surface area (Å²) in [6.07, 6.45) is 0. The molecule has 0 radical (unpaired) electrons. The number of ether oxygens (including phenoxy) is 1. The second-order valence-corrected chi connectivity index (χ2v) is 6.14. The van der Waals surface area contributed by atoms with Crippen LogP contribution in [0.5, 0.6) is 0 Å². The number of carbonyl (C=O) groups is 3. The summed E-state index contributed by atoms with van der Waals surface area (Å²) in [5.74, 6) is -3.09. The zero-order chi connectivity index (χ0) is 21.5. The number of hydrogen-bond acceptors (Lipinski definition) is 4. The van der Waals surface area contributed by atoms with E-state index in [1.807, 2.05) is 0 Å². The Hall–Kier alpha value is -4.07. The Morgan fingerprint density at radius 1 is 0.800 bits per heavy atom. The zero-order valence-corrected chi connectivity index (χ0v) is 15.5. The Morgan fingerprint density at radius 2 is 1.53 bits per heavy atom. The first-order valence-corrected chi connectivity index (χ1v) is 8.81. The van der Waals surface area contributed by atoms with E-state index < -0.39 is 36.0 Å². The van der Waals surface area contributed by atoms with Crippen molar-refractivity contribution in [3.8, 4) is 0 Å². The van der Waals surface area contributed by atoms with Gasteiger partial charge in [0.1, 0.15) is 11.6 Å². The third-order valence-corrected chi connectivity index (χ3v) is 3.94. The van der Waals surface area contributed by atoms with Gasteiger partial charge in [0.2, 0.25) is 0 Å². The summed E-state index contributed by atoms with van der Waals surface area (Å²) in [6.45, 7) is -0.622. The number of para-hydroxylation sites is 1. The fourth-order valence-electron chi connectivity index (χ4n) is 2.54. The lowest BCUT2D eigenvalue weighted by atomic mass is 10.1. The molecule has 152 valence electrons. The third kappa shape index (κ3) is 5.48. The maximum Gasteiger partial charge on any atom is 0.338 e. The summed E-state index contributed by atoms with van der Waals surface area (Å²) in [4.78, 5) is 36.6. The molecule has 0 saturated heterocycles. The third-order valence-electron chi connectivity index (χ3n) is 3.94. The zero-order valence-electron chi connectivity index (χ0n) is 15.5. The lowest BCUT2D eigenvalue weighted by Crippen LogP contribution is -2.23. The minimum absolute atomic E-state index is 0.0260. The molecule has 3 rings (SSSR count). The van der Waals surface area contributed by atoms with Crippen LogP contribution in [0.15, 0.2) is 72.8 Å². The van der Waals surface area contributed by atoms with Gasteiger partial charge >= 0.3 is 5.97 Å². The predicted molar refractivity (Wildman–Crippen MR) is 106 cm³/mol. The van der Waals surface area contributed by atoms with Gasteiger partial charge < -0.3 is 15.4 Å². The standard InChI is InChI=1S/C22H16F2N2O4/c23-15-8-10-17(11-9-15)25-21(28)18-6-1-2-7-19(18)26-20(27)13-30-22(29)14-4-3-5-16(24)12-14/h1-12H,13H2,(H,25,28)(H,26,27). The van der Waals surface area contributed by atoms with Crippen LogP contribution in [0.1, 0.15) is 20.7 Å². The average molecular weight is 410 g/mol. The summed E-state index contributed by atoms with van der Waals surface area (Å²) in [5.41, 5.74) is 0.712. The topological polar surface area (TPSA) is 84.5 Å². The normalized spacial score (nSPS) is 10.2. The van der Waals surface area contributed by atoms with Crippen molar-refractivity contribution in [1.82, 2.24) is 0 Å². The molecule has 0 saturated carbocycles. The van der Waals surface area contributed by atoms with Crippen LogP contribution < -0.4 is 10.6 Å². The van der Waals surface area contributed by atoms with Gasteiger partial charge in [0.05, 0.1) is 16.8 Å². The van der Waals surface area contributed by atoms with Crippen LogP contribution in [-0.2, 0) is 9.53 Å². The number of carbonyl (C=O) groups excluding carboxylic acids is 3. The number of amides is 2. The van der Waals surface area contributed by atoms with Gasteiger partial charge in [-0.15, -0.1) is 0 Å². The molecule has 0 aliphatic heterocycles. The van der Waals surface area contributed by atoms with E-state index in [0.717, 1.165) is 6.07 Å². The van der Waals surface area contributed by atoms with Gasteiger partial charge in [-0.2, -0.15) is 0 Å². The molecule has 0 aliphatic rings. The molecule has 0 bridgehead atoms. The molecule has 2 amide bonds. The lowest BCUT2D eigenvalue weighted by molar-refractivity contribution is -0.119. The van der Waals surface area contributed by atoms with E-state index in [9.17, 15) is 23.2 Å². The highest BCUT2D eigenvalue weighted by Gasteiger charge is 2.15. The number of rotatable bonds is 6. The van der Waals surface area contributed by atoms with E-state index in [2.05, 4.69) is 10.6 Å². The van der Waals surface area contributed by atoms with Crippen molar-refractivity contribution in [2.75, 3.05) is 17.2 Å². The molecule has 0 fully saturated rings. The predicted octanol–water partition coefficient (Wildman–Crippen LogP) is 4.01. The monoisotopic (exact) mass is 410 g/mol. The average Bonchev–Trinajstić information content (AvgIpc) is 2.74. The van der Waals surface area contributed by atoms with Crippen LogP contribution in [0, 0.1) is 11.6 Å². The van der Waals surface area contributed by atoms with Gasteiger partial charge in [0.15, 0.2) is 6.61 Å². The van der Waals surface area contributed by atoms with Crippen molar-refractivity contribution in [3.63, 3.8) is 0 Å². The van der Waals surface area contributed by atoms with Gasteiger partial charge in [0, 0.05) is 5.69 Å². The summed E-state index contributed by atoms with van der Waals surface area (Å²) in [6, 6.07) is 16.3. The molecule has 0 aliphatic carbocycles. The molecule has 6 nitrogen and oxygen atoms in total.